The average Bonchev–Trinajstić information content (AvgIpc) is 2.75. The van der Waals surface area contributed by atoms with Gasteiger partial charge in [-0.05, 0) is 42.5 Å². The van der Waals surface area contributed by atoms with Gasteiger partial charge in [0.2, 0.25) is 0 Å². The second-order valence-corrected chi connectivity index (χ2v) is 6.39. The fourth-order valence-corrected chi connectivity index (χ4v) is 2.75. The SMILES string of the molecule is Cc1ccc2c(c1)OC(C)(c1ccc(CC(C)C)cc1)O2. The Balaban J connectivity index is 1.84. The van der Waals surface area contributed by atoms with E-state index in [1.165, 1.54) is 11.1 Å². The van der Waals surface area contributed by atoms with Crippen molar-refractivity contribution in [2.24, 2.45) is 5.92 Å². The molecule has 2 aromatic carbocycles. The Labute approximate surface area is 126 Å². The number of hydrogen-bond acceptors (Lipinski definition) is 2. The Hall–Kier alpha value is -1.96. The molecular weight excluding hydrogens is 260 g/mol. The lowest BCUT2D eigenvalue weighted by Gasteiger charge is -2.23. The largest absolute Gasteiger partial charge is 0.445 e. The van der Waals surface area contributed by atoms with Gasteiger partial charge in [-0.3, -0.25) is 0 Å². The smallest absolute Gasteiger partial charge is 0.275 e. The van der Waals surface area contributed by atoms with Gasteiger partial charge in [-0.2, -0.15) is 0 Å². The van der Waals surface area contributed by atoms with Crippen LogP contribution in [-0.4, -0.2) is 0 Å². The number of benzene rings is 2. The highest BCUT2D eigenvalue weighted by Crippen LogP contribution is 2.44. The molecule has 0 radical (unpaired) electrons. The number of hydrogen-bond donors (Lipinski definition) is 0. The number of fused-ring (bicyclic) bond motifs is 1. The maximum absolute atomic E-state index is 6.06. The summed E-state index contributed by atoms with van der Waals surface area (Å²) in [6.45, 7) is 8.49. The third-order valence-electron chi connectivity index (χ3n) is 3.83. The van der Waals surface area contributed by atoms with Crippen molar-refractivity contribution in [3.8, 4) is 11.5 Å². The zero-order valence-corrected chi connectivity index (χ0v) is 13.1. The minimum Gasteiger partial charge on any atom is -0.445 e. The van der Waals surface area contributed by atoms with E-state index in [1.807, 2.05) is 25.1 Å². The molecule has 0 aliphatic carbocycles. The van der Waals surface area contributed by atoms with Gasteiger partial charge in [-0.15, -0.1) is 0 Å². The summed E-state index contributed by atoms with van der Waals surface area (Å²) in [6.07, 6.45) is 1.10. The van der Waals surface area contributed by atoms with Gasteiger partial charge >= 0.3 is 0 Å². The molecule has 0 amide bonds. The van der Waals surface area contributed by atoms with Gasteiger partial charge < -0.3 is 9.47 Å². The van der Waals surface area contributed by atoms with Crippen LogP contribution < -0.4 is 9.47 Å². The molecule has 2 nitrogen and oxygen atoms in total. The molecular formula is C19H22O2. The fourth-order valence-electron chi connectivity index (χ4n) is 2.75. The third kappa shape index (κ3) is 2.76. The normalized spacial score (nSPS) is 20.0. The highest BCUT2D eigenvalue weighted by atomic mass is 16.7. The molecule has 0 saturated carbocycles. The number of aryl methyl sites for hydroxylation is 1. The van der Waals surface area contributed by atoms with E-state index in [9.17, 15) is 0 Å². The molecule has 2 aromatic rings. The maximum atomic E-state index is 6.06. The van der Waals surface area contributed by atoms with Crippen molar-refractivity contribution in [1.29, 1.82) is 0 Å². The third-order valence-corrected chi connectivity index (χ3v) is 3.83. The van der Waals surface area contributed by atoms with E-state index in [0.29, 0.717) is 5.92 Å². The molecule has 0 N–H and O–H groups in total. The zero-order valence-electron chi connectivity index (χ0n) is 13.1. The van der Waals surface area contributed by atoms with Crippen molar-refractivity contribution in [3.05, 3.63) is 59.2 Å². The van der Waals surface area contributed by atoms with Crippen LogP contribution in [0.15, 0.2) is 42.5 Å². The van der Waals surface area contributed by atoms with Crippen LogP contribution in [0.1, 0.15) is 37.5 Å². The first kappa shape index (κ1) is 14.0. The van der Waals surface area contributed by atoms with E-state index >= 15 is 0 Å². The molecule has 0 spiro atoms. The standard InChI is InChI=1S/C19H22O2/c1-13(2)11-15-6-8-16(9-7-15)19(4)20-17-10-5-14(3)12-18(17)21-19/h5-10,12-13H,11H2,1-4H3. The first-order valence-electron chi connectivity index (χ1n) is 7.54. The molecule has 1 aliphatic rings. The zero-order chi connectivity index (χ0) is 15.0. The van der Waals surface area contributed by atoms with Crippen LogP contribution in [0, 0.1) is 12.8 Å². The van der Waals surface area contributed by atoms with Crippen molar-refractivity contribution >= 4 is 0 Å². The number of rotatable bonds is 3. The Bertz CT molecular complexity index is 643. The predicted molar refractivity (Wildman–Crippen MR) is 84.8 cm³/mol. The molecule has 2 heteroatoms. The van der Waals surface area contributed by atoms with Crippen LogP contribution >= 0.6 is 0 Å². The first-order chi connectivity index (χ1) is 9.96. The molecule has 1 unspecified atom stereocenters. The fraction of sp³-hybridized carbons (Fsp3) is 0.368. The van der Waals surface area contributed by atoms with Crippen LogP contribution in [0.2, 0.25) is 0 Å². The average molecular weight is 282 g/mol. The van der Waals surface area contributed by atoms with Crippen LogP contribution in [0.4, 0.5) is 0 Å². The van der Waals surface area contributed by atoms with Crippen molar-refractivity contribution in [2.75, 3.05) is 0 Å². The van der Waals surface area contributed by atoms with Crippen LogP contribution in [0.25, 0.3) is 0 Å². The summed E-state index contributed by atoms with van der Waals surface area (Å²) in [7, 11) is 0. The molecule has 0 bridgehead atoms. The monoisotopic (exact) mass is 282 g/mol. The van der Waals surface area contributed by atoms with E-state index in [2.05, 4.69) is 45.0 Å². The summed E-state index contributed by atoms with van der Waals surface area (Å²) in [6, 6.07) is 14.6. The Morgan fingerprint density at radius 2 is 1.62 bits per heavy atom. The molecule has 0 saturated heterocycles. The van der Waals surface area contributed by atoms with Gasteiger partial charge in [0.25, 0.3) is 5.79 Å². The van der Waals surface area contributed by atoms with E-state index < -0.39 is 5.79 Å². The Kier molecular flexibility index (Phi) is 3.40. The maximum Gasteiger partial charge on any atom is 0.275 e. The highest BCUT2D eigenvalue weighted by molar-refractivity contribution is 5.47. The quantitative estimate of drug-likeness (QED) is 0.802. The minimum absolute atomic E-state index is 0.664. The van der Waals surface area contributed by atoms with Crippen molar-refractivity contribution in [3.63, 3.8) is 0 Å². The second-order valence-electron chi connectivity index (χ2n) is 6.39. The van der Waals surface area contributed by atoms with Gasteiger partial charge in [-0.25, -0.2) is 0 Å². The minimum atomic E-state index is -0.730. The molecule has 1 aliphatic heterocycles. The van der Waals surface area contributed by atoms with Crippen LogP contribution in [0.3, 0.4) is 0 Å². The summed E-state index contributed by atoms with van der Waals surface area (Å²) < 4.78 is 12.1. The van der Waals surface area contributed by atoms with Gasteiger partial charge in [0.1, 0.15) is 0 Å². The summed E-state index contributed by atoms with van der Waals surface area (Å²) in [5.41, 5.74) is 3.57. The first-order valence-corrected chi connectivity index (χ1v) is 7.54. The van der Waals surface area contributed by atoms with E-state index in [1.54, 1.807) is 0 Å². The molecule has 1 heterocycles. The molecule has 3 rings (SSSR count). The summed E-state index contributed by atoms with van der Waals surface area (Å²) in [5, 5.41) is 0. The lowest BCUT2D eigenvalue weighted by Crippen LogP contribution is -2.31. The van der Waals surface area contributed by atoms with E-state index in [-0.39, 0.29) is 0 Å². The molecule has 110 valence electrons. The predicted octanol–water partition coefficient (Wildman–Crippen LogP) is 4.84. The topological polar surface area (TPSA) is 18.5 Å². The van der Waals surface area contributed by atoms with Crippen molar-refractivity contribution in [2.45, 2.75) is 39.9 Å². The molecule has 0 fully saturated rings. The Morgan fingerprint density at radius 1 is 0.952 bits per heavy atom. The van der Waals surface area contributed by atoms with Gasteiger partial charge in [0.05, 0.1) is 0 Å². The van der Waals surface area contributed by atoms with Gasteiger partial charge in [0, 0.05) is 12.5 Å². The number of ether oxygens (including phenoxy) is 2. The lowest BCUT2D eigenvalue weighted by atomic mass is 9.99. The molecule has 21 heavy (non-hydrogen) atoms. The van der Waals surface area contributed by atoms with E-state index in [4.69, 9.17) is 9.47 Å². The van der Waals surface area contributed by atoms with Crippen molar-refractivity contribution in [1.82, 2.24) is 0 Å². The summed E-state index contributed by atoms with van der Waals surface area (Å²) in [5.74, 6) is 1.57. The Morgan fingerprint density at radius 3 is 2.29 bits per heavy atom. The highest BCUT2D eigenvalue weighted by Gasteiger charge is 2.38. The molecule has 0 aromatic heterocycles. The van der Waals surface area contributed by atoms with Crippen LogP contribution in [-0.2, 0) is 12.2 Å². The van der Waals surface area contributed by atoms with Gasteiger partial charge in [0.15, 0.2) is 11.5 Å². The molecule has 1 atom stereocenters. The van der Waals surface area contributed by atoms with Gasteiger partial charge in [-0.1, -0.05) is 44.2 Å². The summed E-state index contributed by atoms with van der Waals surface area (Å²) >= 11 is 0. The van der Waals surface area contributed by atoms with E-state index in [0.717, 1.165) is 23.5 Å². The lowest BCUT2D eigenvalue weighted by molar-refractivity contribution is -0.0680. The summed E-state index contributed by atoms with van der Waals surface area (Å²) in [4.78, 5) is 0. The van der Waals surface area contributed by atoms with Crippen molar-refractivity contribution < 1.29 is 9.47 Å². The van der Waals surface area contributed by atoms with Crippen LogP contribution in [0.5, 0.6) is 11.5 Å². The second kappa shape index (κ2) is 5.10.